The molecule has 3 heterocycles. The maximum atomic E-state index is 12.5. The molecule has 1 aromatic rings. The first kappa shape index (κ1) is 13.6. The van der Waals surface area contributed by atoms with Gasteiger partial charge in [0.05, 0.1) is 18.3 Å². The number of nitrogens with zero attached hydrogens (tertiary/aromatic N) is 3. The highest BCUT2D eigenvalue weighted by Gasteiger charge is 2.40. The fourth-order valence-corrected chi connectivity index (χ4v) is 2.89. The second kappa shape index (κ2) is 4.87. The fraction of sp³-hybridized carbons (Fsp3) is 0.538. The Kier molecular flexibility index (Phi) is 3.15. The first-order chi connectivity index (χ1) is 9.99. The van der Waals surface area contributed by atoms with E-state index in [4.69, 9.17) is 4.52 Å². The van der Waals surface area contributed by atoms with Gasteiger partial charge in [-0.05, 0) is 20.3 Å². The highest BCUT2D eigenvalue weighted by atomic mass is 16.5. The van der Waals surface area contributed by atoms with E-state index < -0.39 is 0 Å². The van der Waals surface area contributed by atoms with Crippen LogP contribution in [0.25, 0.3) is 0 Å². The molecule has 1 unspecified atom stereocenters. The molecule has 0 radical (unpaired) electrons. The number of aryl methyl sites for hydroxylation is 2. The first-order valence-electron chi connectivity index (χ1n) is 6.81. The summed E-state index contributed by atoms with van der Waals surface area (Å²) in [6.45, 7) is 4.30. The van der Waals surface area contributed by atoms with Crippen LogP contribution in [-0.2, 0) is 4.79 Å². The normalized spacial score (nSPS) is 22.1. The Balaban J connectivity index is 1.74. The van der Waals surface area contributed by atoms with Gasteiger partial charge < -0.3 is 14.7 Å². The maximum absolute atomic E-state index is 12.5. The van der Waals surface area contributed by atoms with Gasteiger partial charge >= 0.3 is 6.03 Å². The molecule has 0 spiro atoms. The lowest BCUT2D eigenvalue weighted by Gasteiger charge is -2.21. The van der Waals surface area contributed by atoms with Crippen molar-refractivity contribution in [1.82, 2.24) is 20.3 Å². The van der Waals surface area contributed by atoms with Crippen LogP contribution in [0.1, 0.15) is 28.2 Å². The summed E-state index contributed by atoms with van der Waals surface area (Å²) in [6.07, 6.45) is 0.592. The van der Waals surface area contributed by atoms with Crippen molar-refractivity contribution in [2.75, 3.05) is 19.6 Å². The van der Waals surface area contributed by atoms with Crippen LogP contribution in [-0.4, -0.2) is 58.5 Å². The van der Waals surface area contributed by atoms with Crippen molar-refractivity contribution in [2.24, 2.45) is 0 Å². The van der Waals surface area contributed by atoms with Gasteiger partial charge in [0.15, 0.2) is 0 Å². The van der Waals surface area contributed by atoms with Crippen molar-refractivity contribution in [3.05, 3.63) is 17.0 Å². The predicted octanol–water partition coefficient (Wildman–Crippen LogP) is 0.0577. The Morgan fingerprint density at radius 2 is 2.14 bits per heavy atom. The van der Waals surface area contributed by atoms with Crippen molar-refractivity contribution in [3.8, 4) is 0 Å². The molecule has 1 aromatic heterocycles. The summed E-state index contributed by atoms with van der Waals surface area (Å²) in [4.78, 5) is 38.7. The maximum Gasteiger partial charge on any atom is 0.324 e. The first-order valence-corrected chi connectivity index (χ1v) is 6.81. The van der Waals surface area contributed by atoms with Gasteiger partial charge in [-0.3, -0.25) is 14.5 Å². The van der Waals surface area contributed by atoms with E-state index in [1.54, 1.807) is 18.7 Å². The number of rotatable bonds is 2. The zero-order chi connectivity index (χ0) is 15.1. The molecule has 3 rings (SSSR count). The molecule has 1 N–H and O–H groups in total. The fourth-order valence-electron chi connectivity index (χ4n) is 2.89. The highest BCUT2D eigenvalue weighted by molar-refractivity contribution is 6.02. The number of carbonyl (C=O) groups is 3. The Morgan fingerprint density at radius 3 is 2.71 bits per heavy atom. The largest absolute Gasteiger partial charge is 0.361 e. The van der Waals surface area contributed by atoms with Crippen LogP contribution in [0.3, 0.4) is 0 Å². The lowest BCUT2D eigenvalue weighted by atomic mass is 10.2. The van der Waals surface area contributed by atoms with Gasteiger partial charge in [0.25, 0.3) is 5.91 Å². The minimum Gasteiger partial charge on any atom is -0.361 e. The van der Waals surface area contributed by atoms with Gasteiger partial charge in [-0.15, -0.1) is 0 Å². The molecule has 112 valence electrons. The van der Waals surface area contributed by atoms with Gasteiger partial charge in [-0.25, -0.2) is 4.79 Å². The van der Waals surface area contributed by atoms with Crippen LogP contribution in [0.2, 0.25) is 0 Å². The van der Waals surface area contributed by atoms with Gasteiger partial charge in [-0.1, -0.05) is 5.16 Å². The summed E-state index contributed by atoms with van der Waals surface area (Å²) in [5.41, 5.74) is 1.02. The second-order valence-electron chi connectivity index (χ2n) is 5.32. The van der Waals surface area contributed by atoms with E-state index in [-0.39, 0.29) is 30.4 Å². The van der Waals surface area contributed by atoms with Crippen LogP contribution >= 0.6 is 0 Å². The van der Waals surface area contributed by atoms with E-state index in [0.29, 0.717) is 36.5 Å². The van der Waals surface area contributed by atoms with Gasteiger partial charge in [0.1, 0.15) is 11.3 Å². The predicted molar refractivity (Wildman–Crippen MR) is 70.5 cm³/mol. The minimum absolute atomic E-state index is 0.0349. The molecule has 0 bridgehead atoms. The lowest BCUT2D eigenvalue weighted by Crippen LogP contribution is -2.43. The van der Waals surface area contributed by atoms with E-state index >= 15 is 0 Å². The Hall–Kier alpha value is -2.38. The highest BCUT2D eigenvalue weighted by Crippen LogP contribution is 2.22. The van der Waals surface area contributed by atoms with Crippen LogP contribution in [0, 0.1) is 13.8 Å². The van der Waals surface area contributed by atoms with Crippen molar-refractivity contribution in [2.45, 2.75) is 26.3 Å². The molecular weight excluding hydrogens is 276 g/mol. The molecule has 2 fully saturated rings. The molecule has 2 saturated heterocycles. The molecule has 1 atom stereocenters. The quantitative estimate of drug-likeness (QED) is 0.777. The standard InChI is InChI=1S/C13H16N4O4/c1-7-11(8(2)21-15-7)12(19)16-4-3-9(6-16)17-10(18)5-14-13(17)20/h9H,3-6H2,1-2H3,(H,14,20). The lowest BCUT2D eigenvalue weighted by molar-refractivity contribution is -0.126. The number of imide groups is 1. The average molecular weight is 292 g/mol. The molecule has 0 aliphatic carbocycles. The topological polar surface area (TPSA) is 95.8 Å². The number of urea groups is 1. The van der Waals surface area contributed by atoms with Crippen LogP contribution < -0.4 is 5.32 Å². The molecule has 4 amide bonds. The molecule has 8 nitrogen and oxygen atoms in total. The van der Waals surface area contributed by atoms with E-state index in [1.807, 2.05) is 0 Å². The third kappa shape index (κ3) is 2.16. The van der Waals surface area contributed by atoms with Crippen molar-refractivity contribution in [3.63, 3.8) is 0 Å². The summed E-state index contributed by atoms with van der Waals surface area (Å²) in [6, 6.07) is -0.638. The summed E-state index contributed by atoms with van der Waals surface area (Å²) in [5.74, 6) is 0.0772. The number of amides is 4. The minimum atomic E-state index is -0.378. The number of hydrogen-bond donors (Lipinski definition) is 1. The molecular formula is C13H16N4O4. The molecule has 0 aromatic carbocycles. The second-order valence-corrected chi connectivity index (χ2v) is 5.32. The van der Waals surface area contributed by atoms with Crippen molar-refractivity contribution >= 4 is 17.8 Å². The zero-order valence-electron chi connectivity index (χ0n) is 11.9. The molecule has 0 saturated carbocycles. The van der Waals surface area contributed by atoms with Gasteiger partial charge in [-0.2, -0.15) is 0 Å². The molecule has 21 heavy (non-hydrogen) atoms. The summed E-state index contributed by atoms with van der Waals surface area (Å²) >= 11 is 0. The van der Waals surface area contributed by atoms with E-state index in [9.17, 15) is 14.4 Å². The number of aromatic nitrogens is 1. The molecule has 2 aliphatic heterocycles. The third-order valence-electron chi connectivity index (χ3n) is 3.94. The van der Waals surface area contributed by atoms with Crippen LogP contribution in [0.15, 0.2) is 4.52 Å². The number of likely N-dealkylation sites (tertiary alicyclic amines) is 1. The van der Waals surface area contributed by atoms with E-state index in [1.165, 1.54) is 4.90 Å². The SMILES string of the molecule is Cc1noc(C)c1C(=O)N1CCC(N2C(=O)CNC2=O)C1. The average Bonchev–Trinajstić information content (AvgIpc) is 3.11. The van der Waals surface area contributed by atoms with Gasteiger partial charge in [0, 0.05) is 13.1 Å². The smallest absolute Gasteiger partial charge is 0.324 e. The Labute approximate surface area is 121 Å². The third-order valence-corrected chi connectivity index (χ3v) is 3.94. The summed E-state index contributed by atoms with van der Waals surface area (Å²) in [7, 11) is 0. The number of carbonyl (C=O) groups excluding carboxylic acids is 3. The summed E-state index contributed by atoms with van der Waals surface area (Å²) < 4.78 is 5.01. The monoisotopic (exact) mass is 292 g/mol. The van der Waals surface area contributed by atoms with Crippen molar-refractivity contribution in [1.29, 1.82) is 0 Å². The molecule has 2 aliphatic rings. The Bertz CT molecular complexity index is 588. The van der Waals surface area contributed by atoms with E-state index in [0.717, 1.165) is 0 Å². The van der Waals surface area contributed by atoms with Crippen LogP contribution in [0.5, 0.6) is 0 Å². The van der Waals surface area contributed by atoms with Crippen LogP contribution in [0.4, 0.5) is 4.79 Å². The van der Waals surface area contributed by atoms with Crippen molar-refractivity contribution < 1.29 is 18.9 Å². The van der Waals surface area contributed by atoms with E-state index in [2.05, 4.69) is 10.5 Å². The Morgan fingerprint density at radius 1 is 1.38 bits per heavy atom. The number of nitrogens with one attached hydrogen (secondary N) is 1. The molecule has 8 heteroatoms. The summed E-state index contributed by atoms with van der Waals surface area (Å²) in [5, 5.41) is 6.27. The number of hydrogen-bond acceptors (Lipinski definition) is 5. The van der Waals surface area contributed by atoms with Gasteiger partial charge in [0.2, 0.25) is 5.91 Å². The zero-order valence-corrected chi connectivity index (χ0v) is 11.9.